The highest BCUT2D eigenvalue weighted by atomic mass is 15.2. The predicted octanol–water partition coefficient (Wildman–Crippen LogP) is 12.1. The van der Waals surface area contributed by atoms with Crippen molar-refractivity contribution in [1.82, 2.24) is 0 Å². The van der Waals surface area contributed by atoms with Crippen molar-refractivity contribution >= 4 is 40.3 Å². The van der Waals surface area contributed by atoms with Crippen LogP contribution in [0.25, 0.3) is 16.7 Å². The third-order valence-electron chi connectivity index (χ3n) is 12.4. The lowest BCUT2D eigenvalue weighted by atomic mass is 9.28. The zero-order chi connectivity index (χ0) is 38.2. The number of hydrogen-bond acceptors (Lipinski definition) is 2. The molecule has 0 saturated heterocycles. The van der Waals surface area contributed by atoms with Crippen LogP contribution in [0.4, 0.5) is 17.1 Å². The molecule has 0 spiro atoms. The summed E-state index contributed by atoms with van der Waals surface area (Å²) >= 11 is 0. The highest BCUT2D eigenvalue weighted by molar-refractivity contribution is 6.90. The largest absolute Gasteiger partial charge is 0.335 e. The molecular weight excluding hydrogens is 663 g/mol. The van der Waals surface area contributed by atoms with Crippen molar-refractivity contribution in [3.63, 3.8) is 0 Å². The molecule has 3 atom stereocenters. The van der Waals surface area contributed by atoms with Gasteiger partial charge in [-0.1, -0.05) is 175 Å². The average molecular weight is 717 g/mol. The van der Waals surface area contributed by atoms with Gasteiger partial charge in [-0.3, -0.25) is 0 Å². The molecule has 0 saturated carbocycles. The van der Waals surface area contributed by atoms with E-state index in [0.717, 1.165) is 6.42 Å². The van der Waals surface area contributed by atoms with Gasteiger partial charge in [0.15, 0.2) is 0 Å². The van der Waals surface area contributed by atoms with E-state index in [1.807, 2.05) is 0 Å². The van der Waals surface area contributed by atoms with E-state index in [-0.39, 0.29) is 29.4 Å². The third kappa shape index (κ3) is 6.04. The molecule has 4 aliphatic rings. The van der Waals surface area contributed by atoms with E-state index in [0.29, 0.717) is 5.92 Å². The Morgan fingerprint density at radius 2 is 1.20 bits per heavy atom. The summed E-state index contributed by atoms with van der Waals surface area (Å²) in [4.78, 5) is 5.38. The molecule has 55 heavy (non-hydrogen) atoms. The van der Waals surface area contributed by atoms with Crippen LogP contribution >= 0.6 is 0 Å². The van der Waals surface area contributed by atoms with E-state index in [4.69, 9.17) is 0 Å². The normalized spacial score (nSPS) is 20.4. The van der Waals surface area contributed by atoms with E-state index in [1.165, 1.54) is 78.3 Å². The second kappa shape index (κ2) is 13.2. The third-order valence-corrected chi connectivity index (χ3v) is 12.4. The highest BCUT2D eigenvalue weighted by Gasteiger charge is 2.53. The van der Waals surface area contributed by atoms with E-state index >= 15 is 0 Å². The second-order valence-electron chi connectivity index (χ2n) is 18.4. The number of para-hydroxylation sites is 1. The minimum Gasteiger partial charge on any atom is -0.335 e. The van der Waals surface area contributed by atoms with E-state index < -0.39 is 0 Å². The first-order valence-corrected chi connectivity index (χ1v) is 20.3. The summed E-state index contributed by atoms with van der Waals surface area (Å²) in [6.45, 7) is 18.9. The zero-order valence-corrected chi connectivity index (χ0v) is 33.8. The van der Waals surface area contributed by atoms with Gasteiger partial charge in [-0.2, -0.15) is 0 Å². The standard InChI is InChI=1S/C52H53BN2/c1-34-23-26-45(41(29-34)37-19-13-10-14-20-37)55-47-28-25-39(52(6,7)8)33-43(47)53-42-32-38(51(3,4)5)24-27-46(42)54(48-30-35(2)31-49(55)50(48)53)44-22-16-15-21-40(44)36-17-11-9-12-18-36/h9-22,24-34,49-50H,23H2,1-8H3. The molecule has 0 amide bonds. The fourth-order valence-electron chi connectivity index (χ4n) is 9.58. The van der Waals surface area contributed by atoms with Gasteiger partial charge in [-0.25, -0.2) is 0 Å². The second-order valence-corrected chi connectivity index (χ2v) is 18.4. The Balaban J connectivity index is 1.35. The Labute approximate surface area is 329 Å². The molecule has 5 aromatic carbocycles. The molecule has 0 N–H and O–H groups in total. The summed E-state index contributed by atoms with van der Waals surface area (Å²) < 4.78 is 0. The summed E-state index contributed by atoms with van der Waals surface area (Å²) in [5.74, 6) is 0.649. The number of rotatable bonds is 4. The molecule has 274 valence electrons. The Hall–Kier alpha value is -5.28. The monoisotopic (exact) mass is 716 g/mol. The smallest absolute Gasteiger partial charge is 0.226 e. The van der Waals surface area contributed by atoms with Crippen LogP contribution in [0.2, 0.25) is 5.82 Å². The first-order chi connectivity index (χ1) is 26.4. The van der Waals surface area contributed by atoms with Crippen molar-refractivity contribution in [2.24, 2.45) is 5.92 Å². The lowest BCUT2D eigenvalue weighted by molar-refractivity contribution is 0.590. The molecule has 0 fully saturated rings. The quantitative estimate of drug-likeness (QED) is 0.171. The molecule has 5 aromatic rings. The van der Waals surface area contributed by atoms with Crippen molar-refractivity contribution in [3.8, 4) is 11.1 Å². The van der Waals surface area contributed by atoms with Crippen molar-refractivity contribution in [1.29, 1.82) is 0 Å². The fraction of sp³-hybridized carbons (Fsp3) is 0.269. The predicted molar refractivity (Wildman–Crippen MR) is 237 cm³/mol. The van der Waals surface area contributed by atoms with Gasteiger partial charge in [0.2, 0.25) is 6.71 Å². The summed E-state index contributed by atoms with van der Waals surface area (Å²) in [6.07, 6.45) is 11.1. The van der Waals surface area contributed by atoms with Crippen molar-refractivity contribution in [2.45, 2.75) is 84.5 Å². The minimum atomic E-state index is 0.0101. The van der Waals surface area contributed by atoms with Crippen LogP contribution in [0.3, 0.4) is 0 Å². The van der Waals surface area contributed by atoms with Crippen molar-refractivity contribution < 1.29 is 0 Å². The maximum atomic E-state index is 2.74. The molecule has 2 aliphatic heterocycles. The van der Waals surface area contributed by atoms with Crippen LogP contribution in [0, 0.1) is 5.92 Å². The van der Waals surface area contributed by atoms with Gasteiger partial charge in [-0.05, 0) is 87.5 Å². The Kier molecular flexibility index (Phi) is 8.50. The first kappa shape index (κ1) is 35.4. The molecule has 0 bridgehead atoms. The summed E-state index contributed by atoms with van der Waals surface area (Å²) in [5, 5.41) is 0. The van der Waals surface area contributed by atoms with Crippen LogP contribution in [-0.2, 0) is 10.8 Å². The summed E-state index contributed by atoms with van der Waals surface area (Å²) in [7, 11) is 0. The Bertz CT molecular complexity index is 2420. The summed E-state index contributed by atoms with van der Waals surface area (Å²) in [6, 6.07) is 45.9. The number of anilines is 3. The number of allylic oxidation sites excluding steroid dienone is 5. The molecule has 2 nitrogen and oxygen atoms in total. The number of benzene rings is 5. The van der Waals surface area contributed by atoms with Gasteiger partial charge in [0.25, 0.3) is 0 Å². The van der Waals surface area contributed by atoms with Crippen molar-refractivity contribution in [3.05, 3.63) is 179 Å². The van der Waals surface area contributed by atoms with Gasteiger partial charge in [0.1, 0.15) is 0 Å². The molecule has 2 heterocycles. The maximum Gasteiger partial charge on any atom is 0.226 e. The molecule has 0 aromatic heterocycles. The van der Waals surface area contributed by atoms with Gasteiger partial charge in [0.05, 0.1) is 11.7 Å². The van der Waals surface area contributed by atoms with E-state index in [1.54, 1.807) is 0 Å². The van der Waals surface area contributed by atoms with E-state index in [2.05, 4.69) is 211 Å². The molecule has 9 rings (SSSR count). The molecule has 3 unspecified atom stereocenters. The Morgan fingerprint density at radius 3 is 1.85 bits per heavy atom. The lowest BCUT2D eigenvalue weighted by Gasteiger charge is -2.54. The van der Waals surface area contributed by atoms with Crippen LogP contribution in [0.15, 0.2) is 163 Å². The maximum absolute atomic E-state index is 2.74. The van der Waals surface area contributed by atoms with Gasteiger partial charge < -0.3 is 9.80 Å². The lowest BCUT2D eigenvalue weighted by Crippen LogP contribution is -2.64. The number of nitrogens with zero attached hydrogens (tertiary/aromatic N) is 2. The number of hydrogen-bond donors (Lipinski definition) is 0. The van der Waals surface area contributed by atoms with Crippen LogP contribution in [0.1, 0.15) is 78.5 Å². The molecule has 2 aliphatic carbocycles. The number of fused-ring (bicyclic) bond motifs is 4. The van der Waals surface area contributed by atoms with Crippen LogP contribution < -0.4 is 20.7 Å². The topological polar surface area (TPSA) is 6.48 Å². The molecular formula is C52H53BN2. The van der Waals surface area contributed by atoms with Gasteiger partial charge in [0, 0.05) is 39.7 Å². The van der Waals surface area contributed by atoms with Gasteiger partial charge in [-0.15, -0.1) is 0 Å². The van der Waals surface area contributed by atoms with Crippen LogP contribution in [0.5, 0.6) is 0 Å². The van der Waals surface area contributed by atoms with Crippen LogP contribution in [-0.4, -0.2) is 12.8 Å². The summed E-state index contributed by atoms with van der Waals surface area (Å²) in [5.41, 5.74) is 18.6. The van der Waals surface area contributed by atoms with Crippen molar-refractivity contribution in [2.75, 3.05) is 9.80 Å². The van der Waals surface area contributed by atoms with E-state index in [9.17, 15) is 0 Å². The first-order valence-electron chi connectivity index (χ1n) is 20.3. The van der Waals surface area contributed by atoms with Gasteiger partial charge >= 0.3 is 0 Å². The Morgan fingerprint density at radius 1 is 0.618 bits per heavy atom. The minimum absolute atomic E-state index is 0.0101. The molecule has 0 radical (unpaired) electrons. The average Bonchev–Trinajstić information content (AvgIpc) is 3.17. The fourth-order valence-corrected chi connectivity index (χ4v) is 9.58. The SMILES string of the molecule is CC1=CC2C3B(c4cc(C(C)(C)C)ccc4N(c4ccccc4-c4ccccc4)C3=C1)c1cc(C(C)(C)C)ccc1N2C1=CCC(C)C=C1c1ccccc1. The molecule has 3 heteroatoms. The zero-order valence-electron chi connectivity index (χ0n) is 33.8. The highest BCUT2D eigenvalue weighted by Crippen LogP contribution is 2.53.